The van der Waals surface area contributed by atoms with Crippen LogP contribution in [0.25, 0.3) is 21.9 Å². The molecule has 6 nitrogen and oxygen atoms in total. The second kappa shape index (κ2) is 7.81. The molecule has 0 radical (unpaired) electrons. The molecule has 0 bridgehead atoms. The molecule has 0 saturated heterocycles. The minimum absolute atomic E-state index is 0.0586. The zero-order chi connectivity index (χ0) is 21.4. The van der Waals surface area contributed by atoms with Crippen molar-refractivity contribution in [2.75, 3.05) is 12.4 Å². The molecule has 30 heavy (non-hydrogen) atoms. The van der Waals surface area contributed by atoms with Crippen molar-refractivity contribution >= 4 is 31.8 Å². The normalized spacial score (nSPS) is 12.6. The number of pyridine rings is 1. The molecule has 4 rings (SSSR count). The number of para-hydroxylation sites is 1. The van der Waals surface area contributed by atoms with Crippen molar-refractivity contribution in [2.24, 2.45) is 0 Å². The number of benzene rings is 2. The Labute approximate surface area is 176 Å². The van der Waals surface area contributed by atoms with Crippen molar-refractivity contribution in [3.63, 3.8) is 0 Å². The highest BCUT2D eigenvalue weighted by Gasteiger charge is 2.24. The van der Waals surface area contributed by atoms with Crippen LogP contribution in [0, 0.1) is 6.92 Å². The maximum atomic E-state index is 12.5. The Hall–Kier alpha value is -2.77. The summed E-state index contributed by atoms with van der Waals surface area (Å²) in [6, 6.07) is 16.5. The predicted octanol–water partition coefficient (Wildman–Crippen LogP) is 4.16. The first-order chi connectivity index (χ1) is 14.3. The summed E-state index contributed by atoms with van der Waals surface area (Å²) < 4.78 is 33.2. The molecule has 0 fully saturated rings. The molecule has 0 aliphatic heterocycles. The van der Waals surface area contributed by atoms with Crippen LogP contribution in [0.5, 0.6) is 0 Å². The number of hydrogen-bond donors (Lipinski definition) is 0. The van der Waals surface area contributed by atoms with Crippen LogP contribution in [0.3, 0.4) is 0 Å². The number of imidazole rings is 1. The molecule has 2 aromatic heterocycles. The number of ether oxygens (including phenoxy) is 1. The topological polar surface area (TPSA) is 74.1 Å². The fourth-order valence-electron chi connectivity index (χ4n) is 3.67. The first kappa shape index (κ1) is 20.5. The van der Waals surface area contributed by atoms with Gasteiger partial charge in [-0.1, -0.05) is 36.4 Å². The van der Waals surface area contributed by atoms with Crippen molar-refractivity contribution in [3.05, 3.63) is 66.6 Å². The van der Waals surface area contributed by atoms with E-state index in [1.807, 2.05) is 45.0 Å². The lowest BCUT2D eigenvalue weighted by Gasteiger charge is -2.27. The Morgan fingerprint density at radius 3 is 2.47 bits per heavy atom. The maximum Gasteiger partial charge on any atom is 0.180 e. The van der Waals surface area contributed by atoms with Crippen molar-refractivity contribution < 1.29 is 13.2 Å². The average Bonchev–Trinajstić information content (AvgIpc) is 3.03. The maximum absolute atomic E-state index is 12.5. The van der Waals surface area contributed by atoms with Gasteiger partial charge in [-0.25, -0.2) is 13.4 Å². The molecule has 0 unspecified atom stereocenters. The van der Waals surface area contributed by atoms with E-state index in [2.05, 4.69) is 14.5 Å². The Balaban J connectivity index is 1.54. The van der Waals surface area contributed by atoms with E-state index >= 15 is 0 Å². The molecule has 0 amide bonds. The molecule has 0 aliphatic carbocycles. The largest absolute Gasteiger partial charge is 0.373 e. The van der Waals surface area contributed by atoms with Gasteiger partial charge in [0, 0.05) is 5.39 Å². The smallest absolute Gasteiger partial charge is 0.180 e. The van der Waals surface area contributed by atoms with E-state index < -0.39 is 15.4 Å². The number of nitrogens with zero attached hydrogens (tertiary/aromatic N) is 3. The van der Waals surface area contributed by atoms with Gasteiger partial charge in [-0.05, 0) is 39.0 Å². The lowest BCUT2D eigenvalue weighted by Crippen LogP contribution is -2.33. The van der Waals surface area contributed by atoms with E-state index in [0.717, 1.165) is 27.8 Å². The molecule has 0 N–H and O–H groups in total. The minimum Gasteiger partial charge on any atom is -0.373 e. The summed E-state index contributed by atoms with van der Waals surface area (Å²) in [6.07, 6.45) is 1.79. The third-order valence-electron chi connectivity index (χ3n) is 5.16. The number of aromatic nitrogens is 3. The highest BCUT2D eigenvalue weighted by atomic mass is 32.2. The lowest BCUT2D eigenvalue weighted by molar-refractivity contribution is -0.0209. The molecule has 0 saturated carbocycles. The number of fused-ring (bicyclic) bond motifs is 3. The summed E-state index contributed by atoms with van der Waals surface area (Å²) in [5.41, 5.74) is 2.20. The van der Waals surface area contributed by atoms with Crippen LogP contribution in [0.15, 0.2) is 65.7 Å². The summed E-state index contributed by atoms with van der Waals surface area (Å²) in [4.78, 5) is 9.47. The van der Waals surface area contributed by atoms with Crippen LogP contribution in [-0.2, 0) is 21.1 Å². The van der Waals surface area contributed by atoms with Gasteiger partial charge in [-0.2, -0.15) is 0 Å². The Kier molecular flexibility index (Phi) is 5.34. The standard InChI is InChI=1S/C23H25N3O3S/c1-17-25-21-15-24-20-12-8-7-11-19(20)22(21)26(17)16-23(2,3)29-13-14-30(27,28)18-9-5-4-6-10-18/h4-12,15H,13-14,16H2,1-3H3. The fraction of sp³-hybridized carbons (Fsp3) is 0.304. The van der Waals surface area contributed by atoms with Crippen LogP contribution in [0.4, 0.5) is 0 Å². The highest BCUT2D eigenvalue weighted by Crippen LogP contribution is 2.27. The second-order valence-electron chi connectivity index (χ2n) is 7.99. The molecular weight excluding hydrogens is 398 g/mol. The van der Waals surface area contributed by atoms with E-state index in [9.17, 15) is 8.42 Å². The average molecular weight is 424 g/mol. The van der Waals surface area contributed by atoms with Crippen LogP contribution < -0.4 is 0 Å². The Morgan fingerprint density at radius 1 is 1.00 bits per heavy atom. The summed E-state index contributed by atoms with van der Waals surface area (Å²) in [7, 11) is -3.37. The van der Waals surface area contributed by atoms with Gasteiger partial charge in [0.25, 0.3) is 0 Å². The third-order valence-corrected chi connectivity index (χ3v) is 6.85. The molecule has 2 heterocycles. The van der Waals surface area contributed by atoms with Crippen LogP contribution in [-0.4, -0.2) is 40.9 Å². The summed E-state index contributed by atoms with van der Waals surface area (Å²) in [6.45, 7) is 6.57. The van der Waals surface area contributed by atoms with E-state index in [1.165, 1.54) is 0 Å². The Morgan fingerprint density at radius 2 is 1.70 bits per heavy atom. The molecule has 0 aliphatic rings. The lowest BCUT2D eigenvalue weighted by atomic mass is 10.1. The Bertz CT molecular complexity index is 1300. The molecule has 0 spiro atoms. The zero-order valence-electron chi connectivity index (χ0n) is 17.4. The van der Waals surface area contributed by atoms with Crippen molar-refractivity contribution in [1.29, 1.82) is 0 Å². The van der Waals surface area contributed by atoms with Crippen molar-refractivity contribution in [2.45, 2.75) is 37.8 Å². The number of rotatable bonds is 7. The second-order valence-corrected chi connectivity index (χ2v) is 10.1. The molecular formula is C23H25N3O3S. The third kappa shape index (κ3) is 4.08. The first-order valence-electron chi connectivity index (χ1n) is 9.89. The minimum atomic E-state index is -3.37. The zero-order valence-corrected chi connectivity index (χ0v) is 18.2. The number of sulfone groups is 1. The SMILES string of the molecule is Cc1nc2cnc3ccccc3c2n1CC(C)(C)OCCS(=O)(=O)c1ccccc1. The van der Waals surface area contributed by atoms with E-state index in [1.54, 1.807) is 36.5 Å². The summed E-state index contributed by atoms with van der Waals surface area (Å²) in [5.74, 6) is 0.813. The van der Waals surface area contributed by atoms with Crippen LogP contribution >= 0.6 is 0 Å². The van der Waals surface area contributed by atoms with Gasteiger partial charge in [0.05, 0.1) is 46.6 Å². The van der Waals surface area contributed by atoms with Gasteiger partial charge >= 0.3 is 0 Å². The monoisotopic (exact) mass is 423 g/mol. The quantitative estimate of drug-likeness (QED) is 0.446. The van der Waals surface area contributed by atoms with E-state index in [0.29, 0.717) is 11.4 Å². The molecule has 2 aromatic carbocycles. The van der Waals surface area contributed by atoms with Crippen molar-refractivity contribution in [1.82, 2.24) is 14.5 Å². The highest BCUT2D eigenvalue weighted by molar-refractivity contribution is 7.91. The van der Waals surface area contributed by atoms with Gasteiger partial charge in [0.2, 0.25) is 0 Å². The van der Waals surface area contributed by atoms with Gasteiger partial charge in [0.1, 0.15) is 11.3 Å². The van der Waals surface area contributed by atoms with Gasteiger partial charge in [-0.15, -0.1) is 0 Å². The number of hydrogen-bond acceptors (Lipinski definition) is 5. The molecule has 0 atom stereocenters. The molecule has 156 valence electrons. The van der Waals surface area contributed by atoms with Gasteiger partial charge in [0.15, 0.2) is 9.84 Å². The first-order valence-corrected chi connectivity index (χ1v) is 11.5. The summed E-state index contributed by atoms with van der Waals surface area (Å²) >= 11 is 0. The van der Waals surface area contributed by atoms with Gasteiger partial charge in [-0.3, -0.25) is 4.98 Å². The van der Waals surface area contributed by atoms with Crippen LogP contribution in [0.2, 0.25) is 0 Å². The molecule has 7 heteroatoms. The number of aryl methyl sites for hydroxylation is 1. The predicted molar refractivity (Wildman–Crippen MR) is 118 cm³/mol. The molecule has 4 aromatic rings. The fourth-order valence-corrected chi connectivity index (χ4v) is 4.78. The van der Waals surface area contributed by atoms with E-state index in [-0.39, 0.29) is 12.4 Å². The van der Waals surface area contributed by atoms with E-state index in [4.69, 9.17) is 4.74 Å². The van der Waals surface area contributed by atoms with Crippen LogP contribution in [0.1, 0.15) is 19.7 Å². The summed E-state index contributed by atoms with van der Waals surface area (Å²) in [5, 5.41) is 1.04. The van der Waals surface area contributed by atoms with Crippen molar-refractivity contribution in [3.8, 4) is 0 Å². The van der Waals surface area contributed by atoms with Gasteiger partial charge < -0.3 is 9.30 Å².